The van der Waals surface area contributed by atoms with E-state index in [1.165, 1.54) is 5.56 Å². The molecule has 1 heterocycles. The molecule has 1 aromatic carbocycles. The number of benzene rings is 1. The van der Waals surface area contributed by atoms with Gasteiger partial charge in [0.1, 0.15) is 5.01 Å². The second-order valence-electron chi connectivity index (χ2n) is 6.75. The molecular formula is C20H32IN5S. The van der Waals surface area contributed by atoms with Gasteiger partial charge in [-0.3, -0.25) is 4.99 Å². The molecule has 2 rings (SSSR count). The molecule has 0 radical (unpaired) electrons. The lowest BCUT2D eigenvalue weighted by Crippen LogP contribution is -2.38. The van der Waals surface area contributed by atoms with Crippen molar-refractivity contribution in [3.63, 3.8) is 0 Å². The predicted molar refractivity (Wildman–Crippen MR) is 127 cm³/mol. The fourth-order valence-electron chi connectivity index (χ4n) is 2.58. The number of guanidine groups is 1. The summed E-state index contributed by atoms with van der Waals surface area (Å²) < 4.78 is 0. The van der Waals surface area contributed by atoms with Crippen LogP contribution >= 0.6 is 35.3 Å². The lowest BCUT2D eigenvalue weighted by molar-refractivity contribution is 0.322. The van der Waals surface area contributed by atoms with Crippen molar-refractivity contribution in [2.24, 2.45) is 4.99 Å². The SMILES string of the molecule is CN=C(NCCCN(C)Cc1ccccc1)NCc1nc(C(C)C)cs1.I. The molecule has 1 aromatic heterocycles. The van der Waals surface area contributed by atoms with E-state index < -0.39 is 0 Å². The minimum Gasteiger partial charge on any atom is -0.356 e. The highest BCUT2D eigenvalue weighted by Crippen LogP contribution is 2.17. The molecule has 0 aliphatic carbocycles. The van der Waals surface area contributed by atoms with Gasteiger partial charge in [-0.25, -0.2) is 4.98 Å². The van der Waals surface area contributed by atoms with Gasteiger partial charge in [0, 0.05) is 25.5 Å². The summed E-state index contributed by atoms with van der Waals surface area (Å²) in [5.41, 5.74) is 2.51. The number of thiazole rings is 1. The summed E-state index contributed by atoms with van der Waals surface area (Å²) in [5, 5.41) is 9.95. The maximum absolute atomic E-state index is 4.64. The van der Waals surface area contributed by atoms with Crippen LogP contribution in [0.3, 0.4) is 0 Å². The normalized spacial score (nSPS) is 11.6. The maximum atomic E-state index is 4.64. The third-order valence-corrected chi connectivity index (χ3v) is 4.96. The molecular weight excluding hydrogens is 469 g/mol. The van der Waals surface area contributed by atoms with Crippen LogP contribution in [0.15, 0.2) is 40.7 Å². The molecule has 0 spiro atoms. The van der Waals surface area contributed by atoms with Crippen molar-refractivity contribution in [3.8, 4) is 0 Å². The number of nitrogens with one attached hydrogen (secondary N) is 2. The van der Waals surface area contributed by atoms with Gasteiger partial charge in [0.05, 0.1) is 12.2 Å². The summed E-state index contributed by atoms with van der Waals surface area (Å²) in [4.78, 5) is 11.3. The van der Waals surface area contributed by atoms with Gasteiger partial charge in [-0.15, -0.1) is 35.3 Å². The fourth-order valence-corrected chi connectivity index (χ4v) is 3.48. The molecule has 0 aliphatic rings. The molecule has 0 saturated carbocycles. The van der Waals surface area contributed by atoms with Gasteiger partial charge in [-0.2, -0.15) is 0 Å². The number of rotatable bonds is 9. The Morgan fingerprint density at radius 1 is 1.22 bits per heavy atom. The first kappa shape index (κ1) is 23.8. The highest BCUT2D eigenvalue weighted by molar-refractivity contribution is 14.0. The molecule has 0 bridgehead atoms. The van der Waals surface area contributed by atoms with E-state index in [4.69, 9.17) is 0 Å². The lowest BCUT2D eigenvalue weighted by Gasteiger charge is -2.17. The molecule has 2 N–H and O–H groups in total. The molecule has 0 unspecified atom stereocenters. The Morgan fingerprint density at radius 2 is 1.96 bits per heavy atom. The number of hydrogen-bond donors (Lipinski definition) is 2. The molecule has 27 heavy (non-hydrogen) atoms. The van der Waals surface area contributed by atoms with Crippen LogP contribution in [0.4, 0.5) is 0 Å². The van der Waals surface area contributed by atoms with Gasteiger partial charge >= 0.3 is 0 Å². The first-order valence-electron chi connectivity index (χ1n) is 9.19. The molecule has 0 aliphatic heterocycles. The molecule has 5 nitrogen and oxygen atoms in total. The number of aliphatic imine (C=N–C) groups is 1. The largest absolute Gasteiger partial charge is 0.356 e. The first-order valence-corrected chi connectivity index (χ1v) is 10.1. The summed E-state index contributed by atoms with van der Waals surface area (Å²) >= 11 is 1.70. The van der Waals surface area contributed by atoms with E-state index in [1.807, 2.05) is 0 Å². The van der Waals surface area contributed by atoms with Crippen molar-refractivity contribution < 1.29 is 0 Å². The van der Waals surface area contributed by atoms with Crippen LogP contribution in [0.1, 0.15) is 42.5 Å². The van der Waals surface area contributed by atoms with E-state index in [2.05, 4.69) is 82.1 Å². The average molecular weight is 501 g/mol. The topological polar surface area (TPSA) is 52.6 Å². The van der Waals surface area contributed by atoms with E-state index in [0.717, 1.165) is 42.7 Å². The Hall–Kier alpha value is -1.19. The van der Waals surface area contributed by atoms with Crippen molar-refractivity contribution in [2.45, 2.75) is 39.3 Å². The smallest absolute Gasteiger partial charge is 0.191 e. The summed E-state index contributed by atoms with van der Waals surface area (Å²) in [6, 6.07) is 10.6. The molecule has 0 atom stereocenters. The van der Waals surface area contributed by atoms with Gasteiger partial charge in [0.25, 0.3) is 0 Å². The van der Waals surface area contributed by atoms with Crippen LogP contribution in [-0.4, -0.2) is 43.0 Å². The van der Waals surface area contributed by atoms with Gasteiger partial charge in [-0.1, -0.05) is 44.2 Å². The molecule has 2 aromatic rings. The van der Waals surface area contributed by atoms with Crippen molar-refractivity contribution in [3.05, 3.63) is 52.0 Å². The van der Waals surface area contributed by atoms with Crippen LogP contribution in [-0.2, 0) is 13.1 Å². The van der Waals surface area contributed by atoms with E-state index in [1.54, 1.807) is 18.4 Å². The van der Waals surface area contributed by atoms with Gasteiger partial charge < -0.3 is 15.5 Å². The minimum absolute atomic E-state index is 0. The molecule has 150 valence electrons. The van der Waals surface area contributed by atoms with E-state index in [9.17, 15) is 0 Å². The second-order valence-corrected chi connectivity index (χ2v) is 7.69. The lowest BCUT2D eigenvalue weighted by atomic mass is 10.2. The van der Waals surface area contributed by atoms with E-state index in [0.29, 0.717) is 12.5 Å². The van der Waals surface area contributed by atoms with Crippen LogP contribution in [0.5, 0.6) is 0 Å². The zero-order chi connectivity index (χ0) is 18.8. The summed E-state index contributed by atoms with van der Waals surface area (Å²) in [6.07, 6.45) is 1.07. The fraction of sp³-hybridized carbons (Fsp3) is 0.500. The van der Waals surface area contributed by atoms with Gasteiger partial charge in [-0.05, 0) is 31.5 Å². The zero-order valence-corrected chi connectivity index (χ0v) is 19.9. The van der Waals surface area contributed by atoms with Crippen LogP contribution in [0.25, 0.3) is 0 Å². The van der Waals surface area contributed by atoms with E-state index >= 15 is 0 Å². The summed E-state index contributed by atoms with van der Waals surface area (Å²) in [5.74, 6) is 1.31. The third-order valence-electron chi connectivity index (χ3n) is 4.10. The molecule has 0 amide bonds. The van der Waals surface area contributed by atoms with Crippen molar-refractivity contribution in [2.75, 3.05) is 27.2 Å². The summed E-state index contributed by atoms with van der Waals surface area (Å²) in [6.45, 7) is 7.97. The van der Waals surface area contributed by atoms with Crippen molar-refractivity contribution in [1.29, 1.82) is 0 Å². The van der Waals surface area contributed by atoms with E-state index in [-0.39, 0.29) is 24.0 Å². The van der Waals surface area contributed by atoms with Crippen molar-refractivity contribution in [1.82, 2.24) is 20.5 Å². The predicted octanol–water partition coefficient (Wildman–Crippen LogP) is 4.07. The Kier molecular flexibility index (Phi) is 11.5. The molecule has 0 fully saturated rings. The summed E-state index contributed by atoms with van der Waals surface area (Å²) in [7, 11) is 3.97. The minimum atomic E-state index is 0. The standard InChI is InChI=1S/C20H31N5S.HI/c1-16(2)18-15-26-19(24-18)13-23-20(21-3)22-11-8-12-25(4)14-17-9-6-5-7-10-17;/h5-7,9-10,15-16H,8,11-14H2,1-4H3,(H2,21,22,23);1H. The quantitative estimate of drug-likeness (QED) is 0.236. The van der Waals surface area contributed by atoms with Crippen molar-refractivity contribution >= 4 is 41.3 Å². The molecule has 7 heteroatoms. The average Bonchev–Trinajstić information content (AvgIpc) is 3.11. The monoisotopic (exact) mass is 501 g/mol. The number of halogens is 1. The zero-order valence-electron chi connectivity index (χ0n) is 16.7. The first-order chi connectivity index (χ1) is 12.6. The van der Waals surface area contributed by atoms with Gasteiger partial charge in [0.15, 0.2) is 5.96 Å². The Bertz CT molecular complexity index is 672. The van der Waals surface area contributed by atoms with Gasteiger partial charge in [0.2, 0.25) is 0 Å². The van der Waals surface area contributed by atoms with Crippen LogP contribution < -0.4 is 10.6 Å². The Balaban J connectivity index is 0.00000364. The highest BCUT2D eigenvalue weighted by atomic mass is 127. The Morgan fingerprint density at radius 3 is 2.59 bits per heavy atom. The van der Waals surface area contributed by atoms with Crippen LogP contribution in [0, 0.1) is 0 Å². The third kappa shape index (κ3) is 9.03. The molecule has 0 saturated heterocycles. The second kappa shape index (κ2) is 13.1. The highest BCUT2D eigenvalue weighted by Gasteiger charge is 2.06. The number of hydrogen-bond acceptors (Lipinski definition) is 4. The Labute approximate surface area is 184 Å². The number of nitrogens with zero attached hydrogens (tertiary/aromatic N) is 3. The number of aromatic nitrogens is 1. The van der Waals surface area contributed by atoms with Crippen LogP contribution in [0.2, 0.25) is 0 Å². The maximum Gasteiger partial charge on any atom is 0.191 e.